The number of carbonyl (C=O) groups excluding carboxylic acids is 1. The van der Waals surface area contributed by atoms with Crippen molar-refractivity contribution in [1.82, 2.24) is 15.5 Å². The second kappa shape index (κ2) is 7.99. The summed E-state index contributed by atoms with van der Waals surface area (Å²) in [4.78, 5) is 14.3. The molecule has 0 unspecified atom stereocenters. The van der Waals surface area contributed by atoms with Crippen LogP contribution in [0.4, 0.5) is 4.79 Å². The standard InChI is InChI=1S/C19H29N3O2/c1-14(18-13-22(2)9-10-24-18)21-19(23)20-8-7-15-11-16-5-3-4-6-17(16)12-15/h3-6,14-15,18H,7-13H2,1-2H3,(H2,20,21,23)/t14-,18+/m1/s1. The van der Waals surface area contributed by atoms with Crippen molar-refractivity contribution in [2.45, 2.75) is 38.3 Å². The molecule has 24 heavy (non-hydrogen) atoms. The van der Waals surface area contributed by atoms with Crippen LogP contribution in [0.25, 0.3) is 0 Å². The molecule has 1 aromatic rings. The highest BCUT2D eigenvalue weighted by Crippen LogP contribution is 2.28. The predicted molar refractivity (Wildman–Crippen MR) is 95.2 cm³/mol. The van der Waals surface area contributed by atoms with Gasteiger partial charge in [-0.15, -0.1) is 0 Å². The van der Waals surface area contributed by atoms with Crippen molar-refractivity contribution in [3.8, 4) is 0 Å². The van der Waals surface area contributed by atoms with Crippen LogP contribution in [0.5, 0.6) is 0 Å². The van der Waals surface area contributed by atoms with Crippen LogP contribution in [0, 0.1) is 5.92 Å². The molecule has 1 saturated heterocycles. The molecule has 1 aliphatic carbocycles. The van der Waals surface area contributed by atoms with Crippen molar-refractivity contribution in [2.24, 2.45) is 5.92 Å². The third-order valence-electron chi connectivity index (χ3n) is 5.19. The number of benzene rings is 1. The number of ether oxygens (including phenoxy) is 1. The molecule has 3 rings (SSSR count). The number of urea groups is 1. The zero-order valence-corrected chi connectivity index (χ0v) is 14.8. The molecule has 2 aliphatic rings. The molecule has 0 aromatic heterocycles. The first-order chi connectivity index (χ1) is 11.6. The fourth-order valence-electron chi connectivity index (χ4n) is 3.71. The molecular formula is C19H29N3O2. The number of nitrogens with zero attached hydrogens (tertiary/aromatic N) is 1. The van der Waals surface area contributed by atoms with Gasteiger partial charge in [-0.1, -0.05) is 24.3 Å². The minimum atomic E-state index is -0.0881. The maximum Gasteiger partial charge on any atom is 0.315 e. The number of hydrogen-bond donors (Lipinski definition) is 2. The lowest BCUT2D eigenvalue weighted by Crippen LogP contribution is -2.53. The first-order valence-electron chi connectivity index (χ1n) is 9.03. The van der Waals surface area contributed by atoms with Crippen molar-refractivity contribution in [1.29, 1.82) is 0 Å². The Morgan fingerprint density at radius 3 is 2.71 bits per heavy atom. The maximum absolute atomic E-state index is 12.1. The molecule has 1 aliphatic heterocycles. The van der Waals surface area contributed by atoms with Gasteiger partial charge in [0.1, 0.15) is 0 Å². The topological polar surface area (TPSA) is 53.6 Å². The fourth-order valence-corrected chi connectivity index (χ4v) is 3.71. The highest BCUT2D eigenvalue weighted by atomic mass is 16.5. The molecule has 5 heteroatoms. The molecule has 0 radical (unpaired) electrons. The molecule has 2 atom stereocenters. The zero-order valence-electron chi connectivity index (χ0n) is 14.8. The Morgan fingerprint density at radius 1 is 1.33 bits per heavy atom. The van der Waals surface area contributed by atoms with Gasteiger partial charge in [0.25, 0.3) is 0 Å². The number of nitrogens with one attached hydrogen (secondary N) is 2. The van der Waals surface area contributed by atoms with Crippen LogP contribution in [0.15, 0.2) is 24.3 Å². The number of morpholine rings is 1. The van der Waals surface area contributed by atoms with Crippen LogP contribution in [0.1, 0.15) is 24.5 Å². The Bertz CT molecular complexity index is 538. The Kier molecular flexibility index (Phi) is 5.74. The summed E-state index contributed by atoms with van der Waals surface area (Å²) in [6, 6.07) is 8.59. The van der Waals surface area contributed by atoms with E-state index in [1.807, 2.05) is 6.92 Å². The lowest BCUT2D eigenvalue weighted by molar-refractivity contribution is -0.0333. The summed E-state index contributed by atoms with van der Waals surface area (Å²) in [6.07, 6.45) is 3.37. The molecular weight excluding hydrogens is 302 g/mol. The SMILES string of the molecule is C[C@@H](NC(=O)NCCC1Cc2ccccc2C1)[C@@H]1CN(C)CCO1. The number of rotatable bonds is 5. The van der Waals surface area contributed by atoms with Gasteiger partial charge >= 0.3 is 6.03 Å². The zero-order chi connectivity index (χ0) is 16.9. The van der Waals surface area contributed by atoms with Crippen molar-refractivity contribution < 1.29 is 9.53 Å². The van der Waals surface area contributed by atoms with Gasteiger partial charge in [-0.05, 0) is 50.3 Å². The van der Waals surface area contributed by atoms with Gasteiger partial charge in [0.2, 0.25) is 0 Å². The third kappa shape index (κ3) is 4.48. The van der Waals surface area contributed by atoms with E-state index in [1.165, 1.54) is 11.1 Å². The lowest BCUT2D eigenvalue weighted by Gasteiger charge is -2.33. The highest BCUT2D eigenvalue weighted by molar-refractivity contribution is 5.74. The van der Waals surface area contributed by atoms with E-state index in [2.05, 4.69) is 46.8 Å². The van der Waals surface area contributed by atoms with Crippen molar-refractivity contribution in [3.63, 3.8) is 0 Å². The average Bonchev–Trinajstić information content (AvgIpc) is 2.97. The molecule has 132 valence electrons. The van der Waals surface area contributed by atoms with Crippen molar-refractivity contribution >= 4 is 6.03 Å². The van der Waals surface area contributed by atoms with E-state index < -0.39 is 0 Å². The minimum absolute atomic E-state index is 0.0171. The highest BCUT2D eigenvalue weighted by Gasteiger charge is 2.25. The summed E-state index contributed by atoms with van der Waals surface area (Å²) < 4.78 is 5.75. The van der Waals surface area contributed by atoms with Crippen molar-refractivity contribution in [3.05, 3.63) is 35.4 Å². The monoisotopic (exact) mass is 331 g/mol. The van der Waals surface area contributed by atoms with Crippen LogP contribution < -0.4 is 10.6 Å². The molecule has 2 amide bonds. The summed E-state index contributed by atoms with van der Waals surface area (Å²) in [5.74, 6) is 0.649. The Labute approximate surface area is 144 Å². The molecule has 1 fully saturated rings. The largest absolute Gasteiger partial charge is 0.373 e. The van der Waals surface area contributed by atoms with Gasteiger partial charge < -0.3 is 20.3 Å². The second-order valence-corrected chi connectivity index (χ2v) is 7.19. The molecule has 5 nitrogen and oxygen atoms in total. The quantitative estimate of drug-likeness (QED) is 0.865. The molecule has 0 spiro atoms. The van der Waals surface area contributed by atoms with Crippen LogP contribution in [-0.4, -0.2) is 56.4 Å². The molecule has 1 aromatic carbocycles. The van der Waals surface area contributed by atoms with Crippen LogP contribution in [-0.2, 0) is 17.6 Å². The Hall–Kier alpha value is -1.59. The maximum atomic E-state index is 12.1. The summed E-state index contributed by atoms with van der Waals surface area (Å²) in [6.45, 7) is 5.29. The molecule has 2 N–H and O–H groups in total. The van der Waals surface area contributed by atoms with E-state index in [1.54, 1.807) is 0 Å². The van der Waals surface area contributed by atoms with E-state index in [-0.39, 0.29) is 18.2 Å². The average molecular weight is 331 g/mol. The molecule has 0 saturated carbocycles. The first kappa shape index (κ1) is 17.2. The van der Waals surface area contributed by atoms with Crippen LogP contribution >= 0.6 is 0 Å². The third-order valence-corrected chi connectivity index (χ3v) is 5.19. The van der Waals surface area contributed by atoms with Gasteiger partial charge in [0.05, 0.1) is 18.8 Å². The van der Waals surface area contributed by atoms with Gasteiger partial charge in [-0.25, -0.2) is 4.79 Å². The van der Waals surface area contributed by atoms with Gasteiger partial charge in [-0.3, -0.25) is 0 Å². The molecule has 1 heterocycles. The second-order valence-electron chi connectivity index (χ2n) is 7.19. The number of amides is 2. The minimum Gasteiger partial charge on any atom is -0.373 e. The number of hydrogen-bond acceptors (Lipinski definition) is 3. The predicted octanol–water partition coefficient (Wildman–Crippen LogP) is 1.81. The van der Waals surface area contributed by atoms with E-state index >= 15 is 0 Å². The fraction of sp³-hybridized carbons (Fsp3) is 0.632. The summed E-state index contributed by atoms with van der Waals surface area (Å²) in [5, 5.41) is 6.01. The summed E-state index contributed by atoms with van der Waals surface area (Å²) in [5.41, 5.74) is 2.94. The van der Waals surface area contributed by atoms with E-state index in [4.69, 9.17) is 4.74 Å². The number of fused-ring (bicyclic) bond motifs is 1. The van der Waals surface area contributed by atoms with Crippen LogP contribution in [0.2, 0.25) is 0 Å². The van der Waals surface area contributed by atoms with Gasteiger partial charge in [-0.2, -0.15) is 0 Å². The van der Waals surface area contributed by atoms with Crippen LogP contribution in [0.3, 0.4) is 0 Å². The van der Waals surface area contributed by atoms with E-state index in [0.717, 1.165) is 45.5 Å². The lowest BCUT2D eigenvalue weighted by atomic mass is 10.0. The molecule has 0 bridgehead atoms. The smallest absolute Gasteiger partial charge is 0.315 e. The first-order valence-corrected chi connectivity index (χ1v) is 9.03. The van der Waals surface area contributed by atoms with Gasteiger partial charge in [0, 0.05) is 19.6 Å². The van der Waals surface area contributed by atoms with Gasteiger partial charge in [0.15, 0.2) is 0 Å². The summed E-state index contributed by atoms with van der Waals surface area (Å²) >= 11 is 0. The Morgan fingerprint density at radius 2 is 2.04 bits per heavy atom. The Balaban J connectivity index is 1.34. The number of carbonyl (C=O) groups is 1. The number of likely N-dealkylation sites (N-methyl/N-ethyl adjacent to an activating group) is 1. The van der Waals surface area contributed by atoms with E-state index in [0.29, 0.717) is 5.92 Å². The summed E-state index contributed by atoms with van der Waals surface area (Å²) in [7, 11) is 2.09. The van der Waals surface area contributed by atoms with E-state index in [9.17, 15) is 4.79 Å². The van der Waals surface area contributed by atoms with Crippen molar-refractivity contribution in [2.75, 3.05) is 33.3 Å². The normalized spacial score (nSPS) is 22.8.